The van der Waals surface area contributed by atoms with Crippen LogP contribution in [-0.2, 0) is 4.74 Å². The SMILES string of the molecule is COCCN=c1scc(-c2ccc(OC(F)F)cc2)n1/N=C/c1ccsc1. The van der Waals surface area contributed by atoms with Crippen LogP contribution in [0.1, 0.15) is 5.56 Å². The maximum Gasteiger partial charge on any atom is 0.387 e. The Balaban J connectivity index is 1.95. The topological polar surface area (TPSA) is 48.1 Å². The van der Waals surface area contributed by atoms with E-state index >= 15 is 0 Å². The maximum absolute atomic E-state index is 12.3. The second-order valence-corrected chi connectivity index (χ2v) is 6.91. The molecule has 0 saturated heterocycles. The molecule has 2 aromatic heterocycles. The fraction of sp³-hybridized carbons (Fsp3) is 0.222. The third-order valence-corrected chi connectivity index (χ3v) is 5.02. The number of benzene rings is 1. The summed E-state index contributed by atoms with van der Waals surface area (Å²) in [7, 11) is 1.63. The Morgan fingerprint density at radius 3 is 2.67 bits per heavy atom. The highest BCUT2D eigenvalue weighted by atomic mass is 32.1. The number of hydrogen-bond acceptors (Lipinski definition) is 6. The summed E-state index contributed by atoms with van der Waals surface area (Å²) in [6.45, 7) is -1.81. The van der Waals surface area contributed by atoms with Crippen LogP contribution in [0.2, 0.25) is 0 Å². The monoisotopic (exact) mass is 409 g/mol. The Kier molecular flexibility index (Phi) is 6.86. The van der Waals surface area contributed by atoms with E-state index in [0.717, 1.165) is 21.6 Å². The highest BCUT2D eigenvalue weighted by Gasteiger charge is 2.09. The van der Waals surface area contributed by atoms with Crippen LogP contribution in [-0.4, -0.2) is 37.8 Å². The molecule has 0 aliphatic carbocycles. The molecule has 3 rings (SSSR count). The van der Waals surface area contributed by atoms with Crippen LogP contribution in [0.5, 0.6) is 5.75 Å². The standard InChI is InChI=1S/C18H17F2N3O2S2/c1-24-8-7-21-18-23(22-10-13-6-9-26-11-13)16(12-27-18)14-2-4-15(5-3-14)25-17(19)20/h2-6,9-12,17H,7-8H2,1H3/b21-18?,22-10+. The summed E-state index contributed by atoms with van der Waals surface area (Å²) >= 11 is 3.04. The molecule has 0 bridgehead atoms. The minimum Gasteiger partial charge on any atom is -0.435 e. The number of halogens is 2. The van der Waals surface area contributed by atoms with E-state index < -0.39 is 6.61 Å². The number of thiophene rings is 1. The van der Waals surface area contributed by atoms with Crippen LogP contribution in [0.4, 0.5) is 8.78 Å². The van der Waals surface area contributed by atoms with E-state index in [1.54, 1.807) is 41.5 Å². The van der Waals surface area contributed by atoms with Crippen molar-refractivity contribution in [3.8, 4) is 17.0 Å². The first-order valence-corrected chi connectivity index (χ1v) is 9.81. The van der Waals surface area contributed by atoms with Crippen molar-refractivity contribution in [3.05, 3.63) is 56.8 Å². The van der Waals surface area contributed by atoms with Crippen molar-refractivity contribution in [3.63, 3.8) is 0 Å². The van der Waals surface area contributed by atoms with Crippen LogP contribution in [0.15, 0.2) is 56.6 Å². The average molecular weight is 409 g/mol. The van der Waals surface area contributed by atoms with Crippen molar-refractivity contribution in [2.45, 2.75) is 6.61 Å². The summed E-state index contributed by atoms with van der Waals surface area (Å²) in [6, 6.07) is 8.42. The van der Waals surface area contributed by atoms with Gasteiger partial charge in [0, 0.05) is 23.6 Å². The van der Waals surface area contributed by atoms with Gasteiger partial charge in [-0.15, -0.1) is 11.3 Å². The zero-order valence-corrected chi connectivity index (χ0v) is 16.1. The second-order valence-electron chi connectivity index (χ2n) is 5.29. The Labute approximate surface area is 162 Å². The molecule has 0 N–H and O–H groups in total. The number of alkyl halides is 2. The van der Waals surface area contributed by atoms with Gasteiger partial charge in [0.2, 0.25) is 4.80 Å². The van der Waals surface area contributed by atoms with Gasteiger partial charge in [0.05, 0.1) is 25.1 Å². The van der Waals surface area contributed by atoms with Crippen molar-refractivity contribution in [2.75, 3.05) is 20.3 Å². The number of nitrogens with zero attached hydrogens (tertiary/aromatic N) is 3. The minimum atomic E-state index is -2.84. The molecule has 0 aliphatic rings. The molecule has 0 saturated carbocycles. The van der Waals surface area contributed by atoms with Gasteiger partial charge < -0.3 is 9.47 Å². The zero-order valence-electron chi connectivity index (χ0n) is 14.4. The van der Waals surface area contributed by atoms with Crippen molar-refractivity contribution in [2.24, 2.45) is 10.1 Å². The second kappa shape index (κ2) is 9.54. The molecule has 142 valence electrons. The first kappa shape index (κ1) is 19.4. The highest BCUT2D eigenvalue weighted by Crippen LogP contribution is 2.24. The molecule has 0 spiro atoms. The lowest BCUT2D eigenvalue weighted by atomic mass is 10.2. The summed E-state index contributed by atoms with van der Waals surface area (Å²) in [6.07, 6.45) is 1.76. The van der Waals surface area contributed by atoms with Gasteiger partial charge in [-0.2, -0.15) is 25.2 Å². The number of ether oxygens (including phenoxy) is 2. The number of aromatic nitrogens is 1. The molecular formula is C18H17F2N3O2S2. The molecule has 0 unspecified atom stereocenters. The Morgan fingerprint density at radius 1 is 1.19 bits per heavy atom. The average Bonchev–Trinajstić information content (AvgIpc) is 3.30. The van der Waals surface area contributed by atoms with Crippen molar-refractivity contribution in [1.29, 1.82) is 0 Å². The van der Waals surface area contributed by atoms with Crippen LogP contribution in [0.3, 0.4) is 0 Å². The van der Waals surface area contributed by atoms with E-state index in [2.05, 4.69) is 14.8 Å². The van der Waals surface area contributed by atoms with E-state index in [9.17, 15) is 8.78 Å². The summed E-state index contributed by atoms with van der Waals surface area (Å²) in [4.78, 5) is 5.24. The minimum absolute atomic E-state index is 0.113. The molecule has 0 aliphatic heterocycles. The summed E-state index contributed by atoms with van der Waals surface area (Å²) in [5.74, 6) is 0.113. The van der Waals surface area contributed by atoms with Crippen molar-refractivity contribution < 1.29 is 18.3 Å². The summed E-state index contributed by atoms with van der Waals surface area (Å²) in [5, 5.41) is 10.5. The van der Waals surface area contributed by atoms with Crippen LogP contribution < -0.4 is 9.54 Å². The van der Waals surface area contributed by atoms with Gasteiger partial charge in [-0.3, -0.25) is 4.99 Å². The number of hydrogen-bond donors (Lipinski definition) is 0. The molecule has 3 aromatic rings. The van der Waals surface area contributed by atoms with Gasteiger partial charge in [-0.05, 0) is 41.1 Å². The maximum atomic E-state index is 12.3. The van der Waals surface area contributed by atoms with E-state index in [4.69, 9.17) is 4.74 Å². The summed E-state index contributed by atoms with van der Waals surface area (Å²) in [5.41, 5.74) is 2.63. The Bertz CT molecular complexity index is 932. The molecule has 0 atom stereocenters. The van der Waals surface area contributed by atoms with Gasteiger partial charge in [0.25, 0.3) is 0 Å². The van der Waals surface area contributed by atoms with Gasteiger partial charge in [0.15, 0.2) is 0 Å². The van der Waals surface area contributed by atoms with Crippen molar-refractivity contribution >= 4 is 28.9 Å². The Morgan fingerprint density at radius 2 is 2.00 bits per heavy atom. The third kappa shape index (κ3) is 5.31. The molecule has 5 nitrogen and oxygen atoms in total. The number of thiazole rings is 1. The van der Waals surface area contributed by atoms with Crippen LogP contribution in [0.25, 0.3) is 11.3 Å². The van der Waals surface area contributed by atoms with Gasteiger partial charge in [-0.25, -0.2) is 4.68 Å². The molecule has 0 fully saturated rings. The summed E-state index contributed by atoms with van der Waals surface area (Å²) < 4.78 is 35.8. The van der Waals surface area contributed by atoms with E-state index in [1.807, 2.05) is 22.2 Å². The lowest BCUT2D eigenvalue weighted by Crippen LogP contribution is -2.13. The quantitative estimate of drug-likeness (QED) is 0.411. The molecule has 0 radical (unpaired) electrons. The van der Waals surface area contributed by atoms with Gasteiger partial charge in [-0.1, -0.05) is 0 Å². The fourth-order valence-electron chi connectivity index (χ4n) is 2.23. The molecule has 9 heteroatoms. The smallest absolute Gasteiger partial charge is 0.387 e. The lowest BCUT2D eigenvalue weighted by molar-refractivity contribution is -0.0498. The van der Waals surface area contributed by atoms with E-state index in [0.29, 0.717) is 13.2 Å². The van der Waals surface area contributed by atoms with Crippen LogP contribution in [0, 0.1) is 0 Å². The zero-order chi connectivity index (χ0) is 19.1. The lowest BCUT2D eigenvalue weighted by Gasteiger charge is -2.06. The van der Waals surface area contributed by atoms with Crippen molar-refractivity contribution in [1.82, 2.24) is 4.68 Å². The van der Waals surface area contributed by atoms with Gasteiger partial charge >= 0.3 is 6.61 Å². The fourth-order valence-corrected chi connectivity index (χ4v) is 3.71. The normalized spacial score (nSPS) is 12.4. The third-order valence-electron chi connectivity index (χ3n) is 3.47. The first-order valence-electron chi connectivity index (χ1n) is 7.99. The molecule has 2 heterocycles. The number of methoxy groups -OCH3 is 1. The van der Waals surface area contributed by atoms with Gasteiger partial charge in [0.1, 0.15) is 5.75 Å². The predicted octanol–water partition coefficient (Wildman–Crippen LogP) is 4.31. The molecule has 27 heavy (non-hydrogen) atoms. The first-order chi connectivity index (χ1) is 13.2. The molecular weight excluding hydrogens is 392 g/mol. The van der Waals surface area contributed by atoms with E-state index in [1.165, 1.54) is 23.5 Å². The largest absolute Gasteiger partial charge is 0.435 e. The molecule has 0 amide bonds. The van der Waals surface area contributed by atoms with E-state index in [-0.39, 0.29) is 5.75 Å². The Hall–Kier alpha value is -2.36. The van der Waals surface area contributed by atoms with Crippen LogP contribution >= 0.6 is 22.7 Å². The predicted molar refractivity (Wildman–Crippen MR) is 104 cm³/mol. The number of rotatable bonds is 8. The molecule has 1 aromatic carbocycles. The highest BCUT2D eigenvalue weighted by molar-refractivity contribution is 7.08.